The van der Waals surface area contributed by atoms with Crippen LogP contribution in [0, 0.1) is 12.7 Å². The van der Waals surface area contributed by atoms with Crippen LogP contribution in [0.3, 0.4) is 0 Å². The minimum Gasteiger partial charge on any atom is -0.490 e. The fourth-order valence-electron chi connectivity index (χ4n) is 4.37. The number of carbonyl (C=O) groups excluding carboxylic acids is 1. The Hall–Kier alpha value is -3.74. The third-order valence-corrected chi connectivity index (χ3v) is 7.33. The average molecular weight is 552 g/mol. The number of benzene rings is 1. The number of aryl methyl sites for hydroxylation is 1. The van der Waals surface area contributed by atoms with Gasteiger partial charge in [0.05, 0.1) is 11.8 Å². The van der Waals surface area contributed by atoms with Crippen molar-refractivity contribution in [1.29, 1.82) is 0 Å². The molecule has 1 amide bonds. The number of anilines is 1. The molecule has 1 aliphatic rings. The Morgan fingerprint density at radius 1 is 1.15 bits per heavy atom. The van der Waals surface area contributed by atoms with Gasteiger partial charge in [0.25, 0.3) is 5.91 Å². The standard InChI is InChI=1S/C27H30FN7O3S/c1-18-23(37-14-13-34-11-9-33(2)10-12-34)16-35-24(18)26(30-17-31-35)38-22-7-6-19(15-21(22)28)32-25(36)20-5-4-8-29-27(20)39-3/h4-8,15-17H,9-14H2,1-3H3,(H,32,36). The van der Waals surface area contributed by atoms with Crippen LogP contribution in [0.25, 0.3) is 5.52 Å². The van der Waals surface area contributed by atoms with E-state index in [2.05, 4.69) is 37.2 Å². The first-order valence-corrected chi connectivity index (χ1v) is 13.8. The zero-order valence-corrected chi connectivity index (χ0v) is 22.9. The van der Waals surface area contributed by atoms with Crippen LogP contribution in [0.5, 0.6) is 17.4 Å². The Morgan fingerprint density at radius 3 is 2.74 bits per heavy atom. The van der Waals surface area contributed by atoms with Gasteiger partial charge in [0.15, 0.2) is 11.6 Å². The number of piperazine rings is 1. The maximum absolute atomic E-state index is 15.0. The van der Waals surface area contributed by atoms with Crippen molar-refractivity contribution >= 4 is 28.9 Å². The molecular weight excluding hydrogens is 521 g/mol. The Kier molecular flexibility index (Phi) is 8.24. The topological polar surface area (TPSA) is 97.1 Å². The number of amides is 1. The van der Waals surface area contributed by atoms with Gasteiger partial charge in [-0.15, -0.1) is 11.8 Å². The highest BCUT2D eigenvalue weighted by Crippen LogP contribution is 2.33. The molecular formula is C27H30FN7O3S. The molecule has 0 saturated carbocycles. The summed E-state index contributed by atoms with van der Waals surface area (Å²) in [5.74, 6) is -0.172. The highest BCUT2D eigenvalue weighted by Gasteiger charge is 2.19. The first-order chi connectivity index (χ1) is 18.9. The lowest BCUT2D eigenvalue weighted by molar-refractivity contribution is 0.102. The largest absolute Gasteiger partial charge is 0.490 e. The number of rotatable bonds is 9. The average Bonchev–Trinajstić information content (AvgIpc) is 3.27. The van der Waals surface area contributed by atoms with E-state index in [0.29, 0.717) is 34.1 Å². The molecule has 0 unspecified atom stereocenters. The third-order valence-electron chi connectivity index (χ3n) is 6.61. The van der Waals surface area contributed by atoms with E-state index in [1.807, 2.05) is 13.2 Å². The summed E-state index contributed by atoms with van der Waals surface area (Å²) >= 11 is 1.36. The van der Waals surface area contributed by atoms with Crippen LogP contribution >= 0.6 is 11.8 Å². The fraction of sp³-hybridized carbons (Fsp3) is 0.333. The van der Waals surface area contributed by atoms with E-state index >= 15 is 4.39 Å². The van der Waals surface area contributed by atoms with Crippen LogP contribution in [0.1, 0.15) is 15.9 Å². The molecule has 1 aromatic carbocycles. The SMILES string of the molecule is CSc1ncccc1C(=O)Nc1ccc(Oc2ncnn3cc(OCCN4CCN(C)CC4)c(C)c23)c(F)c1. The van der Waals surface area contributed by atoms with Gasteiger partial charge in [0, 0.05) is 56.2 Å². The van der Waals surface area contributed by atoms with E-state index in [-0.39, 0.29) is 17.5 Å². The second-order valence-corrected chi connectivity index (χ2v) is 10.0. The number of halogens is 1. The third kappa shape index (κ3) is 6.13. The van der Waals surface area contributed by atoms with E-state index in [1.54, 1.807) is 35.1 Å². The zero-order chi connectivity index (χ0) is 27.4. The predicted octanol–water partition coefficient (Wildman–Crippen LogP) is 3.96. The molecule has 1 N–H and O–H groups in total. The van der Waals surface area contributed by atoms with Gasteiger partial charge in [-0.05, 0) is 44.5 Å². The molecule has 0 spiro atoms. The number of nitrogens with one attached hydrogen (secondary N) is 1. The summed E-state index contributed by atoms with van der Waals surface area (Å²) in [6.07, 6.45) is 6.58. The Bertz CT molecular complexity index is 1470. The highest BCUT2D eigenvalue weighted by molar-refractivity contribution is 7.98. The lowest BCUT2D eigenvalue weighted by Crippen LogP contribution is -2.45. The number of fused-ring (bicyclic) bond motifs is 1. The van der Waals surface area contributed by atoms with Crippen molar-refractivity contribution in [2.24, 2.45) is 0 Å². The van der Waals surface area contributed by atoms with Crippen molar-refractivity contribution in [3.63, 3.8) is 0 Å². The molecule has 39 heavy (non-hydrogen) atoms. The second-order valence-electron chi connectivity index (χ2n) is 9.23. The Balaban J connectivity index is 1.27. The molecule has 4 heterocycles. The van der Waals surface area contributed by atoms with E-state index < -0.39 is 5.82 Å². The predicted molar refractivity (Wildman–Crippen MR) is 148 cm³/mol. The summed E-state index contributed by atoms with van der Waals surface area (Å²) in [6, 6.07) is 7.59. The van der Waals surface area contributed by atoms with Crippen LogP contribution in [0.2, 0.25) is 0 Å². The monoisotopic (exact) mass is 551 g/mol. The van der Waals surface area contributed by atoms with E-state index in [1.165, 1.54) is 30.2 Å². The van der Waals surface area contributed by atoms with Crippen molar-refractivity contribution in [3.8, 4) is 17.4 Å². The molecule has 0 radical (unpaired) electrons. The minimum atomic E-state index is -0.645. The summed E-state index contributed by atoms with van der Waals surface area (Å²) in [5.41, 5.74) is 2.10. The number of likely N-dealkylation sites (N-methyl/N-ethyl adjacent to an activating group) is 1. The van der Waals surface area contributed by atoms with E-state index in [9.17, 15) is 4.79 Å². The first kappa shape index (κ1) is 26.9. The lowest BCUT2D eigenvalue weighted by Gasteiger charge is -2.32. The van der Waals surface area contributed by atoms with Gasteiger partial charge in [-0.1, -0.05) is 0 Å². The summed E-state index contributed by atoms with van der Waals surface area (Å²) in [5, 5.41) is 7.57. The van der Waals surface area contributed by atoms with Crippen molar-refractivity contribution in [3.05, 3.63) is 66.0 Å². The van der Waals surface area contributed by atoms with Crippen molar-refractivity contribution in [2.45, 2.75) is 11.9 Å². The first-order valence-electron chi connectivity index (χ1n) is 12.6. The number of pyridine rings is 1. The molecule has 12 heteroatoms. The highest BCUT2D eigenvalue weighted by atomic mass is 32.2. The maximum Gasteiger partial charge on any atom is 0.258 e. The van der Waals surface area contributed by atoms with Crippen LogP contribution in [-0.4, -0.2) is 87.9 Å². The van der Waals surface area contributed by atoms with E-state index in [0.717, 1.165) is 38.3 Å². The fourth-order valence-corrected chi connectivity index (χ4v) is 4.92. The normalized spacial score (nSPS) is 14.5. The Labute approximate surface area is 230 Å². The van der Waals surface area contributed by atoms with Crippen LogP contribution < -0.4 is 14.8 Å². The number of hydrogen-bond donors (Lipinski definition) is 1. The molecule has 3 aromatic heterocycles. The summed E-state index contributed by atoms with van der Waals surface area (Å²) in [7, 11) is 2.13. The molecule has 4 aromatic rings. The number of ether oxygens (including phenoxy) is 2. The molecule has 0 atom stereocenters. The van der Waals surface area contributed by atoms with Gasteiger partial charge < -0.3 is 19.7 Å². The van der Waals surface area contributed by atoms with Crippen LogP contribution in [0.4, 0.5) is 10.1 Å². The molecule has 5 rings (SSSR count). The molecule has 1 fully saturated rings. The molecule has 0 bridgehead atoms. The van der Waals surface area contributed by atoms with Crippen molar-refractivity contribution in [1.82, 2.24) is 29.4 Å². The molecule has 10 nitrogen and oxygen atoms in total. The summed E-state index contributed by atoms with van der Waals surface area (Å²) in [4.78, 5) is 25.8. The number of aromatic nitrogens is 4. The number of carbonyl (C=O) groups is 1. The smallest absolute Gasteiger partial charge is 0.258 e. The summed E-state index contributed by atoms with van der Waals surface area (Å²) < 4.78 is 28.6. The van der Waals surface area contributed by atoms with Gasteiger partial charge >= 0.3 is 0 Å². The van der Waals surface area contributed by atoms with Crippen LogP contribution in [0.15, 0.2) is 54.1 Å². The number of nitrogens with zero attached hydrogens (tertiary/aromatic N) is 6. The Morgan fingerprint density at radius 2 is 1.97 bits per heavy atom. The molecule has 204 valence electrons. The van der Waals surface area contributed by atoms with Crippen LogP contribution in [-0.2, 0) is 0 Å². The van der Waals surface area contributed by atoms with Crippen molar-refractivity contribution in [2.75, 3.05) is 58.0 Å². The maximum atomic E-state index is 15.0. The molecule has 1 saturated heterocycles. The van der Waals surface area contributed by atoms with Crippen molar-refractivity contribution < 1.29 is 18.7 Å². The number of hydrogen-bond acceptors (Lipinski definition) is 9. The number of thioether (sulfide) groups is 1. The quantitative estimate of drug-likeness (QED) is 0.310. The van der Waals surface area contributed by atoms with Gasteiger partial charge in [0.1, 0.15) is 29.2 Å². The van der Waals surface area contributed by atoms with Gasteiger partial charge in [-0.25, -0.2) is 13.9 Å². The molecule has 1 aliphatic heterocycles. The van der Waals surface area contributed by atoms with Gasteiger partial charge in [0.2, 0.25) is 5.88 Å². The minimum absolute atomic E-state index is 0.0297. The summed E-state index contributed by atoms with van der Waals surface area (Å²) in [6.45, 7) is 7.43. The van der Waals surface area contributed by atoms with Gasteiger partial charge in [-0.2, -0.15) is 10.1 Å². The lowest BCUT2D eigenvalue weighted by atomic mass is 10.2. The zero-order valence-electron chi connectivity index (χ0n) is 22.1. The molecule has 0 aliphatic carbocycles. The van der Waals surface area contributed by atoms with Gasteiger partial charge in [-0.3, -0.25) is 9.69 Å². The second kappa shape index (κ2) is 12.0. The van der Waals surface area contributed by atoms with E-state index in [4.69, 9.17) is 9.47 Å².